The second-order valence-corrected chi connectivity index (χ2v) is 3.69. The Balaban J connectivity index is 2.01. The maximum atomic E-state index is 5.66. The number of nitrogens with zero attached hydrogens (tertiary/aromatic N) is 2. The van der Waals surface area contributed by atoms with Crippen molar-refractivity contribution < 1.29 is 0 Å². The molecule has 80 valence electrons. The van der Waals surface area contributed by atoms with Crippen LogP contribution in [0.4, 0.5) is 11.4 Å². The number of rotatable bonds is 2. The Hall–Kier alpha value is -1.71. The molecule has 2 heterocycles. The maximum Gasteiger partial charge on any atom is 0.0745 e. The maximum absolute atomic E-state index is 5.66. The number of hydrogen-bond donors (Lipinski definition) is 2. The number of allylic oxidation sites excluding steroid dienone is 1. The van der Waals surface area contributed by atoms with Crippen LogP contribution < -0.4 is 11.2 Å². The number of aromatic nitrogens is 1. The van der Waals surface area contributed by atoms with E-state index in [1.165, 1.54) is 12.8 Å². The second kappa shape index (κ2) is 4.68. The van der Waals surface area contributed by atoms with E-state index in [-0.39, 0.29) is 0 Å². The summed E-state index contributed by atoms with van der Waals surface area (Å²) in [7, 11) is 0. The molecule has 0 spiro atoms. The number of anilines is 2. The van der Waals surface area contributed by atoms with Gasteiger partial charge in [-0.25, -0.2) is 0 Å². The van der Waals surface area contributed by atoms with Gasteiger partial charge in [0.25, 0.3) is 0 Å². The van der Waals surface area contributed by atoms with E-state index in [1.807, 2.05) is 6.07 Å². The Morgan fingerprint density at radius 2 is 2.27 bits per heavy atom. The average molecular weight is 204 g/mol. The number of nitrogens with two attached hydrogens (primary N) is 1. The van der Waals surface area contributed by atoms with Gasteiger partial charge in [0.1, 0.15) is 0 Å². The fraction of sp³-hybridized carbons (Fsp3) is 0.364. The molecule has 15 heavy (non-hydrogen) atoms. The van der Waals surface area contributed by atoms with Crippen LogP contribution in [0.3, 0.4) is 0 Å². The molecular weight excluding hydrogens is 188 g/mol. The lowest BCUT2D eigenvalue weighted by Gasteiger charge is -2.21. The molecule has 0 aliphatic carbocycles. The molecule has 0 aromatic carbocycles. The van der Waals surface area contributed by atoms with Gasteiger partial charge >= 0.3 is 0 Å². The lowest BCUT2D eigenvalue weighted by molar-refractivity contribution is 0.442. The highest BCUT2D eigenvalue weighted by Gasteiger charge is 2.02. The molecule has 4 nitrogen and oxygen atoms in total. The molecule has 1 aliphatic rings. The first-order valence-corrected chi connectivity index (χ1v) is 5.25. The Morgan fingerprint density at radius 3 is 3.13 bits per heavy atom. The second-order valence-electron chi connectivity index (χ2n) is 3.69. The molecule has 0 fully saturated rings. The summed E-state index contributed by atoms with van der Waals surface area (Å²) in [6.07, 6.45) is 11.3. The number of hydrazine groups is 1. The third-order valence-corrected chi connectivity index (χ3v) is 2.34. The van der Waals surface area contributed by atoms with Gasteiger partial charge in [-0.15, -0.1) is 0 Å². The molecule has 0 radical (unpaired) electrons. The van der Waals surface area contributed by atoms with Gasteiger partial charge in [-0.3, -0.25) is 15.4 Å². The molecule has 0 atom stereocenters. The van der Waals surface area contributed by atoms with Crippen molar-refractivity contribution in [1.82, 2.24) is 9.99 Å². The molecule has 2 rings (SSSR count). The molecule has 0 saturated carbocycles. The standard InChI is InChI=1S/C11H16N4/c12-10-7-11(9-13-8-10)14-15-5-3-1-2-4-6-15/h3,5,7-9,14H,1-2,4,6,12H2. The summed E-state index contributed by atoms with van der Waals surface area (Å²) >= 11 is 0. The fourth-order valence-corrected chi connectivity index (χ4v) is 1.60. The van der Waals surface area contributed by atoms with Crippen LogP contribution in [0.15, 0.2) is 30.7 Å². The van der Waals surface area contributed by atoms with Crippen molar-refractivity contribution in [3.63, 3.8) is 0 Å². The molecule has 0 bridgehead atoms. The fourth-order valence-electron chi connectivity index (χ4n) is 1.60. The summed E-state index contributed by atoms with van der Waals surface area (Å²) in [6.45, 7) is 1.02. The van der Waals surface area contributed by atoms with Crippen LogP contribution in [0.2, 0.25) is 0 Å². The Bertz CT molecular complexity index is 348. The van der Waals surface area contributed by atoms with E-state index in [2.05, 4.69) is 27.7 Å². The van der Waals surface area contributed by atoms with Gasteiger partial charge in [0.05, 0.1) is 17.6 Å². The summed E-state index contributed by atoms with van der Waals surface area (Å²) in [4.78, 5) is 4.03. The van der Waals surface area contributed by atoms with Gasteiger partial charge < -0.3 is 5.73 Å². The van der Waals surface area contributed by atoms with Crippen molar-refractivity contribution in [2.24, 2.45) is 0 Å². The van der Waals surface area contributed by atoms with Gasteiger partial charge in [0, 0.05) is 18.9 Å². The van der Waals surface area contributed by atoms with Crippen LogP contribution in [0.5, 0.6) is 0 Å². The highest BCUT2D eigenvalue weighted by molar-refractivity contribution is 5.50. The first-order chi connectivity index (χ1) is 7.34. The van der Waals surface area contributed by atoms with E-state index < -0.39 is 0 Å². The van der Waals surface area contributed by atoms with Crippen molar-refractivity contribution in [2.75, 3.05) is 17.7 Å². The van der Waals surface area contributed by atoms with Crippen molar-refractivity contribution in [1.29, 1.82) is 0 Å². The quantitative estimate of drug-likeness (QED) is 0.773. The monoisotopic (exact) mass is 204 g/mol. The number of nitrogens with one attached hydrogen (secondary N) is 1. The molecule has 0 saturated heterocycles. The zero-order chi connectivity index (χ0) is 10.5. The van der Waals surface area contributed by atoms with E-state index in [1.54, 1.807) is 12.4 Å². The van der Waals surface area contributed by atoms with Crippen molar-refractivity contribution >= 4 is 11.4 Å². The summed E-state index contributed by atoms with van der Waals surface area (Å²) in [5.74, 6) is 0. The van der Waals surface area contributed by atoms with Crippen molar-refractivity contribution in [2.45, 2.75) is 19.3 Å². The minimum absolute atomic E-state index is 0.679. The van der Waals surface area contributed by atoms with E-state index in [0.29, 0.717) is 5.69 Å². The Kier molecular flexibility index (Phi) is 3.07. The van der Waals surface area contributed by atoms with Crippen LogP contribution in [0.25, 0.3) is 0 Å². The minimum atomic E-state index is 0.679. The number of nitrogen functional groups attached to an aromatic ring is 1. The average Bonchev–Trinajstić information content (AvgIpc) is 2.46. The molecule has 1 aromatic rings. The van der Waals surface area contributed by atoms with Gasteiger partial charge in [0.2, 0.25) is 0 Å². The highest BCUT2D eigenvalue weighted by Crippen LogP contribution is 2.13. The molecule has 1 aliphatic heterocycles. The Morgan fingerprint density at radius 1 is 1.33 bits per heavy atom. The SMILES string of the molecule is Nc1cncc(NN2C=CCCCC2)c1. The van der Waals surface area contributed by atoms with Crippen molar-refractivity contribution in [3.05, 3.63) is 30.7 Å². The number of pyridine rings is 1. The summed E-state index contributed by atoms with van der Waals surface area (Å²) in [5, 5.41) is 2.07. The smallest absolute Gasteiger partial charge is 0.0745 e. The van der Waals surface area contributed by atoms with Crippen molar-refractivity contribution in [3.8, 4) is 0 Å². The van der Waals surface area contributed by atoms with Crippen LogP contribution in [0.1, 0.15) is 19.3 Å². The summed E-state index contributed by atoms with van der Waals surface area (Å²) in [5.41, 5.74) is 10.5. The van der Waals surface area contributed by atoms with E-state index in [0.717, 1.165) is 18.7 Å². The third-order valence-electron chi connectivity index (χ3n) is 2.34. The summed E-state index contributed by atoms with van der Waals surface area (Å²) < 4.78 is 0. The van der Waals surface area contributed by atoms with E-state index in [4.69, 9.17) is 5.73 Å². The molecule has 4 heteroatoms. The van der Waals surface area contributed by atoms with Crippen LogP contribution in [0, 0.1) is 0 Å². The molecule has 0 unspecified atom stereocenters. The molecule has 0 amide bonds. The predicted octanol–water partition coefficient (Wildman–Crippen LogP) is 1.99. The summed E-state index contributed by atoms with van der Waals surface area (Å²) in [6, 6.07) is 1.88. The minimum Gasteiger partial charge on any atom is -0.397 e. The first kappa shape index (κ1) is 9.83. The van der Waals surface area contributed by atoms with E-state index in [9.17, 15) is 0 Å². The lowest BCUT2D eigenvalue weighted by atomic mass is 10.2. The molecular formula is C11H16N4. The zero-order valence-corrected chi connectivity index (χ0v) is 8.69. The van der Waals surface area contributed by atoms with Gasteiger partial charge in [-0.1, -0.05) is 6.08 Å². The lowest BCUT2D eigenvalue weighted by Crippen LogP contribution is -2.24. The normalized spacial score (nSPS) is 16.1. The van der Waals surface area contributed by atoms with Crippen LogP contribution >= 0.6 is 0 Å². The zero-order valence-electron chi connectivity index (χ0n) is 8.69. The van der Waals surface area contributed by atoms with E-state index >= 15 is 0 Å². The largest absolute Gasteiger partial charge is 0.397 e. The molecule has 3 N–H and O–H groups in total. The van der Waals surface area contributed by atoms with Gasteiger partial charge in [-0.05, 0) is 25.3 Å². The molecule has 1 aromatic heterocycles. The predicted molar refractivity (Wildman–Crippen MR) is 62.0 cm³/mol. The third kappa shape index (κ3) is 2.87. The topological polar surface area (TPSA) is 54.2 Å². The van der Waals surface area contributed by atoms with Gasteiger partial charge in [-0.2, -0.15) is 0 Å². The van der Waals surface area contributed by atoms with Gasteiger partial charge in [0.15, 0.2) is 0 Å². The Labute approximate surface area is 89.8 Å². The first-order valence-electron chi connectivity index (χ1n) is 5.25. The van der Waals surface area contributed by atoms with Crippen LogP contribution in [-0.4, -0.2) is 16.5 Å². The van der Waals surface area contributed by atoms with Crippen LogP contribution in [-0.2, 0) is 0 Å². The highest BCUT2D eigenvalue weighted by atomic mass is 15.5. The number of hydrogen-bond acceptors (Lipinski definition) is 4.